The summed E-state index contributed by atoms with van der Waals surface area (Å²) in [5.41, 5.74) is -0.907. The quantitative estimate of drug-likeness (QED) is 0.531. The fraction of sp³-hybridized carbons (Fsp3) is 1.00. The van der Waals surface area contributed by atoms with Gasteiger partial charge < -0.3 is 0 Å². The first kappa shape index (κ1) is 8.92. The van der Waals surface area contributed by atoms with Gasteiger partial charge in [0.2, 0.25) is 0 Å². The maximum absolute atomic E-state index is 11.1. The maximum Gasteiger partial charge on any atom is 0.150 e. The lowest BCUT2D eigenvalue weighted by atomic mass is 10.2. The largest absolute Gasteiger partial charge is 0.277 e. The van der Waals surface area contributed by atoms with Crippen molar-refractivity contribution in [1.29, 1.82) is 0 Å². The summed E-state index contributed by atoms with van der Waals surface area (Å²) in [6.45, 7) is 6.32. The lowest BCUT2D eigenvalue weighted by Gasteiger charge is -2.27. The highest BCUT2D eigenvalue weighted by molar-refractivity contribution is 4.62. The van der Waals surface area contributed by atoms with Crippen molar-refractivity contribution in [2.75, 3.05) is 13.6 Å². The van der Waals surface area contributed by atoms with Gasteiger partial charge in [-0.1, -0.05) is 6.92 Å². The Hall–Kier alpha value is -0.0800. The van der Waals surface area contributed by atoms with E-state index in [1.165, 1.54) is 0 Å². The zero-order valence-corrected chi connectivity index (χ0v) is 6.77. The lowest BCUT2D eigenvalue weighted by Crippen LogP contribution is -2.39. The van der Waals surface area contributed by atoms with Gasteiger partial charge in [0.05, 0.1) is 0 Å². The predicted octanol–water partition coefficient (Wildman–Crippen LogP) is 1.49. The molecule has 0 N–H and O–H groups in total. The topological polar surface area (TPSA) is 23.1 Å². The first-order valence-electron chi connectivity index (χ1n) is 3.40. The van der Waals surface area contributed by atoms with Crippen LogP contribution in [0.2, 0.25) is 0 Å². The molecule has 0 aliphatic rings. The molecule has 55 valence electrons. The van der Waals surface area contributed by atoms with Crippen LogP contribution in [0.5, 0.6) is 0 Å². The van der Waals surface area contributed by atoms with Crippen LogP contribution in [-0.2, 0) is 5.11 Å². The fourth-order valence-corrected chi connectivity index (χ4v) is 0.605. The molecule has 0 bridgehead atoms. The molecule has 0 heterocycles. The van der Waals surface area contributed by atoms with Gasteiger partial charge in [0.15, 0.2) is 5.72 Å². The Labute approximate surface area is 57.5 Å². The van der Waals surface area contributed by atoms with Crippen molar-refractivity contribution in [1.82, 2.24) is 4.90 Å². The Morgan fingerprint density at radius 3 is 2.00 bits per heavy atom. The Morgan fingerprint density at radius 1 is 1.44 bits per heavy atom. The average molecular weight is 130 g/mol. The number of rotatable bonds is 3. The first-order valence-corrected chi connectivity index (χ1v) is 3.40. The van der Waals surface area contributed by atoms with Gasteiger partial charge in [0, 0.05) is 6.54 Å². The van der Waals surface area contributed by atoms with E-state index in [0.717, 1.165) is 13.0 Å². The maximum atomic E-state index is 11.1. The van der Waals surface area contributed by atoms with Gasteiger partial charge in [-0.15, -0.1) is 0 Å². The van der Waals surface area contributed by atoms with Gasteiger partial charge >= 0.3 is 0 Å². The summed E-state index contributed by atoms with van der Waals surface area (Å²) in [6, 6.07) is 0. The molecule has 2 heteroatoms. The molecule has 2 nitrogen and oxygen atoms in total. The van der Waals surface area contributed by atoms with Crippen molar-refractivity contribution in [2.45, 2.75) is 32.9 Å². The van der Waals surface area contributed by atoms with Crippen LogP contribution >= 0.6 is 0 Å². The summed E-state index contributed by atoms with van der Waals surface area (Å²) in [4.78, 5) is 1.81. The third-order valence-electron chi connectivity index (χ3n) is 1.48. The van der Waals surface area contributed by atoms with E-state index >= 15 is 0 Å². The molecule has 0 aliphatic heterocycles. The Kier molecular flexibility index (Phi) is 3.15. The summed E-state index contributed by atoms with van der Waals surface area (Å²) in [7, 11) is 1.86. The molecule has 0 fully saturated rings. The minimum atomic E-state index is -0.907. The van der Waals surface area contributed by atoms with Crippen LogP contribution in [0.1, 0.15) is 27.2 Å². The van der Waals surface area contributed by atoms with E-state index in [1.807, 2.05) is 11.9 Å². The van der Waals surface area contributed by atoms with Crippen LogP contribution in [-0.4, -0.2) is 24.2 Å². The molecule has 0 aromatic heterocycles. The van der Waals surface area contributed by atoms with E-state index in [2.05, 4.69) is 6.92 Å². The van der Waals surface area contributed by atoms with E-state index in [1.54, 1.807) is 13.8 Å². The van der Waals surface area contributed by atoms with Crippen LogP contribution in [0.25, 0.3) is 0 Å². The third-order valence-corrected chi connectivity index (χ3v) is 1.48. The normalized spacial score (nSPS) is 12.7. The zero-order chi connectivity index (χ0) is 7.49. The summed E-state index contributed by atoms with van der Waals surface area (Å²) >= 11 is 0. The summed E-state index contributed by atoms with van der Waals surface area (Å²) in [5, 5.41) is 11.1. The van der Waals surface area contributed by atoms with Crippen LogP contribution < -0.4 is 0 Å². The summed E-state index contributed by atoms with van der Waals surface area (Å²) in [6.07, 6.45) is 1.04. The second-order valence-electron chi connectivity index (χ2n) is 2.87. The second kappa shape index (κ2) is 3.18. The molecule has 0 unspecified atom stereocenters. The van der Waals surface area contributed by atoms with E-state index in [4.69, 9.17) is 0 Å². The smallest absolute Gasteiger partial charge is 0.150 e. The molecule has 0 saturated heterocycles. The predicted molar refractivity (Wildman–Crippen MR) is 37.7 cm³/mol. The highest BCUT2D eigenvalue weighted by Crippen LogP contribution is 2.07. The lowest BCUT2D eigenvalue weighted by molar-refractivity contribution is -0.115. The Bertz CT molecular complexity index is 75.5. The number of nitrogens with zero attached hydrogens (tertiary/aromatic N) is 1. The third kappa shape index (κ3) is 3.49. The standard InChI is InChI=1S/C7H16NO/c1-5-6-8(4)7(2,3)9/h5-6H2,1-4H3. The van der Waals surface area contributed by atoms with E-state index < -0.39 is 5.72 Å². The van der Waals surface area contributed by atoms with Crippen LogP contribution in [0.4, 0.5) is 0 Å². The molecule has 9 heavy (non-hydrogen) atoms. The molecule has 0 spiro atoms. The van der Waals surface area contributed by atoms with Crippen molar-refractivity contribution >= 4 is 0 Å². The van der Waals surface area contributed by atoms with Crippen molar-refractivity contribution in [3.63, 3.8) is 0 Å². The zero-order valence-electron chi connectivity index (χ0n) is 6.77. The van der Waals surface area contributed by atoms with E-state index in [0.29, 0.717) is 0 Å². The molecule has 0 saturated carbocycles. The molecule has 0 aromatic carbocycles. The molecule has 0 rings (SSSR count). The highest BCUT2D eigenvalue weighted by Gasteiger charge is 2.19. The van der Waals surface area contributed by atoms with Gasteiger partial charge in [0.25, 0.3) is 0 Å². The molecular formula is C7H16NO. The van der Waals surface area contributed by atoms with E-state index in [9.17, 15) is 5.11 Å². The Balaban J connectivity index is 3.59. The molecule has 0 aromatic rings. The monoisotopic (exact) mass is 130 g/mol. The highest BCUT2D eigenvalue weighted by atomic mass is 16.3. The van der Waals surface area contributed by atoms with Gasteiger partial charge in [-0.05, 0) is 27.3 Å². The summed E-state index contributed by atoms with van der Waals surface area (Å²) in [5.74, 6) is 0. The average Bonchev–Trinajstić information content (AvgIpc) is 1.64. The molecule has 0 amide bonds. The van der Waals surface area contributed by atoms with Gasteiger partial charge in [-0.3, -0.25) is 4.90 Å². The van der Waals surface area contributed by atoms with Gasteiger partial charge in [-0.25, -0.2) is 5.11 Å². The van der Waals surface area contributed by atoms with Crippen molar-refractivity contribution < 1.29 is 5.11 Å². The summed E-state index contributed by atoms with van der Waals surface area (Å²) < 4.78 is 0. The number of hydrogen-bond donors (Lipinski definition) is 0. The minimum Gasteiger partial charge on any atom is -0.277 e. The van der Waals surface area contributed by atoms with Crippen LogP contribution in [0.3, 0.4) is 0 Å². The minimum absolute atomic E-state index is 0.885. The second-order valence-corrected chi connectivity index (χ2v) is 2.87. The number of hydrogen-bond acceptors (Lipinski definition) is 1. The van der Waals surface area contributed by atoms with Crippen LogP contribution in [0, 0.1) is 0 Å². The van der Waals surface area contributed by atoms with E-state index in [-0.39, 0.29) is 0 Å². The molecule has 0 atom stereocenters. The van der Waals surface area contributed by atoms with Gasteiger partial charge in [0.1, 0.15) is 0 Å². The SMILES string of the molecule is CCCN(C)C(C)(C)[O]. The Morgan fingerprint density at radius 2 is 1.89 bits per heavy atom. The molecule has 0 aliphatic carbocycles. The fourth-order valence-electron chi connectivity index (χ4n) is 0.605. The van der Waals surface area contributed by atoms with Crippen molar-refractivity contribution in [2.24, 2.45) is 0 Å². The molecule has 1 radical (unpaired) electrons. The molecular weight excluding hydrogens is 114 g/mol. The van der Waals surface area contributed by atoms with Gasteiger partial charge in [-0.2, -0.15) is 0 Å². The van der Waals surface area contributed by atoms with Crippen LogP contribution in [0.15, 0.2) is 0 Å². The first-order chi connectivity index (χ1) is 3.98. The van der Waals surface area contributed by atoms with Crippen molar-refractivity contribution in [3.8, 4) is 0 Å². The van der Waals surface area contributed by atoms with Crippen molar-refractivity contribution in [3.05, 3.63) is 0 Å².